The predicted octanol–water partition coefficient (Wildman–Crippen LogP) is 0.352. The fourth-order valence-corrected chi connectivity index (χ4v) is 2.86. The second-order valence-corrected chi connectivity index (χ2v) is 5.67. The van der Waals surface area contributed by atoms with E-state index in [4.69, 9.17) is 5.26 Å². The molecule has 8 heteroatoms. The van der Waals surface area contributed by atoms with Gasteiger partial charge < -0.3 is 14.4 Å². The van der Waals surface area contributed by atoms with Crippen LogP contribution in [0.15, 0.2) is 17.2 Å². The van der Waals surface area contributed by atoms with E-state index in [1.165, 1.54) is 12.4 Å². The number of fused-ring (bicyclic) bond motifs is 1. The van der Waals surface area contributed by atoms with E-state index in [0.717, 1.165) is 0 Å². The van der Waals surface area contributed by atoms with Crippen molar-refractivity contribution in [3.8, 4) is 6.07 Å². The summed E-state index contributed by atoms with van der Waals surface area (Å²) in [5.74, 6) is 0.606. The number of carbonyl (C=O) groups is 1. The summed E-state index contributed by atoms with van der Waals surface area (Å²) < 4.78 is 1.78. The first-order valence-electron chi connectivity index (χ1n) is 7.86. The fourth-order valence-electron chi connectivity index (χ4n) is 2.86. The average molecular weight is 326 g/mol. The molecular weight excluding hydrogens is 308 g/mol. The second kappa shape index (κ2) is 6.28. The molecule has 0 radical (unpaired) electrons. The molecule has 2 aromatic heterocycles. The highest BCUT2D eigenvalue weighted by molar-refractivity contribution is 5.77. The second-order valence-electron chi connectivity index (χ2n) is 5.67. The molecule has 1 fully saturated rings. The quantitative estimate of drug-likeness (QED) is 0.790. The van der Waals surface area contributed by atoms with E-state index >= 15 is 0 Å². The number of pyridine rings is 1. The molecule has 0 atom stereocenters. The van der Waals surface area contributed by atoms with Crippen LogP contribution < -0.4 is 10.3 Å². The van der Waals surface area contributed by atoms with Gasteiger partial charge in [-0.2, -0.15) is 10.2 Å². The summed E-state index contributed by atoms with van der Waals surface area (Å²) in [4.78, 5) is 36.3. The summed E-state index contributed by atoms with van der Waals surface area (Å²) in [5.41, 5.74) is 0.279. The third kappa shape index (κ3) is 2.69. The number of hydrogen-bond donors (Lipinski definition) is 0. The molecule has 0 unspecified atom stereocenters. The molecule has 0 spiro atoms. The Morgan fingerprint density at radius 3 is 2.62 bits per heavy atom. The van der Waals surface area contributed by atoms with Crippen molar-refractivity contribution in [3.05, 3.63) is 28.2 Å². The lowest BCUT2D eigenvalue weighted by Gasteiger charge is -2.34. The summed E-state index contributed by atoms with van der Waals surface area (Å²) in [6, 6.07) is 1.92. The molecule has 1 aliphatic heterocycles. The maximum Gasteiger partial charge on any atom is 0.227 e. The van der Waals surface area contributed by atoms with Crippen LogP contribution in [-0.2, 0) is 11.3 Å². The average Bonchev–Trinajstić information content (AvgIpc) is 2.62. The summed E-state index contributed by atoms with van der Waals surface area (Å²) >= 11 is 0. The molecule has 1 amide bonds. The fraction of sp³-hybridized carbons (Fsp3) is 0.438. The van der Waals surface area contributed by atoms with E-state index in [9.17, 15) is 9.59 Å². The van der Waals surface area contributed by atoms with Crippen LogP contribution in [0.4, 0.5) is 5.95 Å². The number of rotatable bonds is 2. The lowest BCUT2D eigenvalue weighted by molar-refractivity contribution is -0.129. The van der Waals surface area contributed by atoms with E-state index in [-0.39, 0.29) is 16.9 Å². The van der Waals surface area contributed by atoms with E-state index < -0.39 is 0 Å². The Morgan fingerprint density at radius 2 is 2.04 bits per heavy atom. The van der Waals surface area contributed by atoms with Gasteiger partial charge in [-0.3, -0.25) is 9.59 Å². The van der Waals surface area contributed by atoms with Gasteiger partial charge in [0.2, 0.25) is 17.3 Å². The summed E-state index contributed by atoms with van der Waals surface area (Å²) in [6.45, 7) is 6.65. The molecule has 8 nitrogen and oxygen atoms in total. The molecule has 0 saturated carbocycles. The SMILES string of the molecule is CCn1cc(C#N)c(=O)c2cnc(N3CCN(C(C)=O)CC3)nc21. The normalized spacial score (nSPS) is 14.7. The molecule has 1 saturated heterocycles. The maximum absolute atomic E-state index is 12.3. The topological polar surface area (TPSA) is 95.1 Å². The van der Waals surface area contributed by atoms with E-state index in [2.05, 4.69) is 9.97 Å². The largest absolute Gasteiger partial charge is 0.339 e. The smallest absolute Gasteiger partial charge is 0.227 e. The maximum atomic E-state index is 12.3. The summed E-state index contributed by atoms with van der Waals surface area (Å²) in [6.07, 6.45) is 3.03. The Labute approximate surface area is 138 Å². The van der Waals surface area contributed by atoms with Crippen LogP contribution in [0.1, 0.15) is 19.4 Å². The first-order valence-corrected chi connectivity index (χ1v) is 7.86. The minimum Gasteiger partial charge on any atom is -0.339 e. The van der Waals surface area contributed by atoms with Crippen molar-refractivity contribution in [2.75, 3.05) is 31.1 Å². The van der Waals surface area contributed by atoms with E-state index in [0.29, 0.717) is 49.7 Å². The van der Waals surface area contributed by atoms with Crippen LogP contribution in [0.25, 0.3) is 11.0 Å². The molecule has 0 aromatic carbocycles. The van der Waals surface area contributed by atoms with Crippen LogP contribution in [0, 0.1) is 11.3 Å². The van der Waals surface area contributed by atoms with Crippen molar-refractivity contribution in [1.29, 1.82) is 5.26 Å². The van der Waals surface area contributed by atoms with Gasteiger partial charge in [-0.05, 0) is 6.92 Å². The number of carbonyl (C=O) groups excluding carboxylic acids is 1. The van der Waals surface area contributed by atoms with Crippen molar-refractivity contribution in [3.63, 3.8) is 0 Å². The van der Waals surface area contributed by atoms with Crippen LogP contribution in [0.5, 0.6) is 0 Å². The van der Waals surface area contributed by atoms with E-state index in [1.54, 1.807) is 16.4 Å². The van der Waals surface area contributed by atoms with Gasteiger partial charge in [0.05, 0.1) is 5.39 Å². The van der Waals surface area contributed by atoms with Crippen LogP contribution in [-0.4, -0.2) is 51.5 Å². The lowest BCUT2D eigenvalue weighted by atomic mass is 10.2. The van der Waals surface area contributed by atoms with Gasteiger partial charge in [0.15, 0.2) is 0 Å². The molecule has 3 rings (SSSR count). The molecule has 124 valence electrons. The van der Waals surface area contributed by atoms with Gasteiger partial charge in [-0.1, -0.05) is 0 Å². The first-order chi connectivity index (χ1) is 11.5. The van der Waals surface area contributed by atoms with Gasteiger partial charge in [0.25, 0.3) is 0 Å². The number of nitrogens with zero attached hydrogens (tertiary/aromatic N) is 6. The van der Waals surface area contributed by atoms with Crippen molar-refractivity contribution in [2.45, 2.75) is 20.4 Å². The zero-order valence-electron chi connectivity index (χ0n) is 13.7. The predicted molar refractivity (Wildman–Crippen MR) is 88.7 cm³/mol. The van der Waals surface area contributed by atoms with Gasteiger partial charge in [0.1, 0.15) is 17.3 Å². The van der Waals surface area contributed by atoms with Gasteiger partial charge in [0, 0.05) is 52.0 Å². The number of nitriles is 1. The van der Waals surface area contributed by atoms with Crippen LogP contribution in [0.3, 0.4) is 0 Å². The summed E-state index contributed by atoms with van der Waals surface area (Å²) in [7, 11) is 0. The number of aromatic nitrogens is 3. The van der Waals surface area contributed by atoms with Crippen LogP contribution in [0.2, 0.25) is 0 Å². The van der Waals surface area contributed by atoms with Crippen LogP contribution >= 0.6 is 0 Å². The standard InChI is InChI=1S/C16H18N6O2/c1-3-20-10-12(8-17)14(24)13-9-18-16(19-15(13)20)22-6-4-21(5-7-22)11(2)23/h9-10H,3-7H2,1-2H3. The molecule has 2 aromatic rings. The van der Waals surface area contributed by atoms with Crippen molar-refractivity contribution < 1.29 is 4.79 Å². The van der Waals surface area contributed by atoms with Crippen molar-refractivity contribution >= 4 is 22.9 Å². The Morgan fingerprint density at radius 1 is 1.33 bits per heavy atom. The molecule has 0 bridgehead atoms. The Hall–Kier alpha value is -2.95. The Bertz CT molecular complexity index is 890. The minimum atomic E-state index is -0.342. The Kier molecular flexibility index (Phi) is 4.16. The highest BCUT2D eigenvalue weighted by atomic mass is 16.2. The van der Waals surface area contributed by atoms with Gasteiger partial charge in [-0.15, -0.1) is 0 Å². The minimum absolute atomic E-state index is 0.0675. The number of hydrogen-bond acceptors (Lipinski definition) is 6. The number of amides is 1. The first kappa shape index (κ1) is 15.9. The monoisotopic (exact) mass is 326 g/mol. The zero-order chi connectivity index (χ0) is 17.3. The lowest BCUT2D eigenvalue weighted by Crippen LogP contribution is -2.48. The molecule has 0 aliphatic carbocycles. The molecule has 3 heterocycles. The van der Waals surface area contributed by atoms with E-state index in [1.807, 2.05) is 17.9 Å². The van der Waals surface area contributed by atoms with Crippen molar-refractivity contribution in [2.24, 2.45) is 0 Å². The summed E-state index contributed by atoms with van der Waals surface area (Å²) in [5, 5.41) is 9.43. The van der Waals surface area contributed by atoms with Crippen molar-refractivity contribution in [1.82, 2.24) is 19.4 Å². The number of piperazine rings is 1. The number of aryl methyl sites for hydroxylation is 1. The van der Waals surface area contributed by atoms with Gasteiger partial charge >= 0.3 is 0 Å². The third-order valence-electron chi connectivity index (χ3n) is 4.27. The highest BCUT2D eigenvalue weighted by Gasteiger charge is 2.21. The molecule has 24 heavy (non-hydrogen) atoms. The number of anilines is 1. The van der Waals surface area contributed by atoms with Gasteiger partial charge in [-0.25, -0.2) is 4.98 Å². The molecule has 1 aliphatic rings. The molecular formula is C16H18N6O2. The molecule has 0 N–H and O–H groups in total. The highest BCUT2D eigenvalue weighted by Crippen LogP contribution is 2.15. The zero-order valence-corrected chi connectivity index (χ0v) is 13.7. The Balaban J connectivity index is 1.99. The third-order valence-corrected chi connectivity index (χ3v) is 4.27.